The molecule has 2 aromatic rings. The second kappa shape index (κ2) is 6.13. The number of hydrogen-bond acceptors (Lipinski definition) is 6. The number of hydrogen-bond donors (Lipinski definition) is 0. The van der Waals surface area contributed by atoms with Crippen molar-refractivity contribution in [2.75, 3.05) is 6.54 Å². The Morgan fingerprint density at radius 3 is 2.50 bits per heavy atom. The van der Waals surface area contributed by atoms with Crippen LogP contribution in [0.1, 0.15) is 21.1 Å². The Morgan fingerprint density at radius 1 is 1.32 bits per heavy atom. The molecule has 5 nitrogen and oxygen atoms in total. The van der Waals surface area contributed by atoms with Crippen LogP contribution in [0.4, 0.5) is 13.2 Å². The van der Waals surface area contributed by atoms with E-state index in [9.17, 15) is 28.1 Å². The van der Waals surface area contributed by atoms with Crippen molar-refractivity contribution in [3.63, 3.8) is 0 Å². The number of thiazole rings is 1. The zero-order chi connectivity index (χ0) is 16.4. The number of carbonyl (C=O) groups excluding carboxylic acids is 1. The summed E-state index contributed by atoms with van der Waals surface area (Å²) in [4.78, 5) is 25.3. The minimum absolute atomic E-state index is 0.0893. The molecular formula is C12H9F3N2O3S2. The Bertz CT molecular complexity index is 656. The molecule has 0 bridgehead atoms. The predicted octanol–water partition coefficient (Wildman–Crippen LogP) is 3.55. The number of Topliss-reactive ketones (excluding diaryl/α,β-unsaturated/α-hetero) is 1. The molecule has 22 heavy (non-hydrogen) atoms. The molecule has 0 aliphatic heterocycles. The van der Waals surface area contributed by atoms with Gasteiger partial charge >= 0.3 is 6.18 Å². The van der Waals surface area contributed by atoms with Crippen LogP contribution in [-0.2, 0) is 5.41 Å². The van der Waals surface area contributed by atoms with Gasteiger partial charge in [-0.15, -0.1) is 22.7 Å². The normalized spacial score (nSPS) is 14.5. The number of aromatic nitrogens is 1. The van der Waals surface area contributed by atoms with Crippen molar-refractivity contribution in [2.45, 2.75) is 18.0 Å². The first-order valence-corrected chi connectivity index (χ1v) is 7.67. The number of alkyl halides is 3. The van der Waals surface area contributed by atoms with E-state index < -0.39 is 35.3 Å². The fourth-order valence-electron chi connectivity index (χ4n) is 2.03. The molecular weight excluding hydrogens is 341 g/mol. The number of halogens is 3. The summed E-state index contributed by atoms with van der Waals surface area (Å²) in [5, 5.41) is 13.6. The highest BCUT2D eigenvalue weighted by molar-refractivity contribution is 7.11. The molecule has 0 amide bonds. The topological polar surface area (TPSA) is 73.1 Å². The van der Waals surface area contributed by atoms with Crippen molar-refractivity contribution in [3.8, 4) is 0 Å². The van der Waals surface area contributed by atoms with Gasteiger partial charge in [0.2, 0.25) is 6.54 Å². The zero-order valence-corrected chi connectivity index (χ0v) is 12.5. The first kappa shape index (κ1) is 16.6. The van der Waals surface area contributed by atoms with E-state index in [0.29, 0.717) is 0 Å². The summed E-state index contributed by atoms with van der Waals surface area (Å²) in [5.74, 6) is -0.859. The van der Waals surface area contributed by atoms with E-state index in [0.717, 1.165) is 28.7 Å². The van der Waals surface area contributed by atoms with Crippen LogP contribution >= 0.6 is 22.7 Å². The summed E-state index contributed by atoms with van der Waals surface area (Å²) >= 11 is 1.65. The highest BCUT2D eigenvalue weighted by Gasteiger charge is 2.61. The van der Waals surface area contributed by atoms with Crippen LogP contribution in [0.5, 0.6) is 0 Å². The fourth-order valence-corrected chi connectivity index (χ4v) is 3.55. The van der Waals surface area contributed by atoms with E-state index in [1.807, 2.05) is 0 Å². The van der Waals surface area contributed by atoms with Crippen LogP contribution in [0.25, 0.3) is 0 Å². The van der Waals surface area contributed by atoms with Crippen molar-refractivity contribution < 1.29 is 22.9 Å². The van der Waals surface area contributed by atoms with Crippen molar-refractivity contribution in [1.82, 2.24) is 4.98 Å². The monoisotopic (exact) mass is 350 g/mol. The predicted molar refractivity (Wildman–Crippen MR) is 75.0 cm³/mol. The van der Waals surface area contributed by atoms with Gasteiger partial charge in [0.05, 0.1) is 0 Å². The first-order valence-electron chi connectivity index (χ1n) is 5.91. The number of nitrogens with zero attached hydrogens (tertiary/aromatic N) is 2. The average Bonchev–Trinajstić information content (AvgIpc) is 3.09. The molecule has 1 atom stereocenters. The Balaban J connectivity index is 2.48. The fraction of sp³-hybridized carbons (Fsp3) is 0.333. The molecule has 0 saturated heterocycles. The highest BCUT2D eigenvalue weighted by atomic mass is 32.1. The van der Waals surface area contributed by atoms with Crippen LogP contribution in [-0.4, -0.2) is 28.4 Å². The standard InChI is InChI=1S/C12H9F3N2O3S2/c13-12(14,15)11(7-17(19)20,9-2-1-4-21-9)6-8(18)10-16-3-5-22-10/h1-5H,6-7H2/t11-/m1/s1. The summed E-state index contributed by atoms with van der Waals surface area (Å²) < 4.78 is 40.9. The molecule has 0 spiro atoms. The summed E-state index contributed by atoms with van der Waals surface area (Å²) in [6.45, 7) is -1.39. The van der Waals surface area contributed by atoms with Gasteiger partial charge < -0.3 is 0 Å². The lowest BCUT2D eigenvalue weighted by Crippen LogP contribution is -2.48. The van der Waals surface area contributed by atoms with Crippen LogP contribution in [0.2, 0.25) is 0 Å². The molecule has 2 aromatic heterocycles. The van der Waals surface area contributed by atoms with Crippen molar-refractivity contribution >= 4 is 28.5 Å². The van der Waals surface area contributed by atoms with E-state index in [4.69, 9.17) is 0 Å². The lowest BCUT2D eigenvalue weighted by molar-refractivity contribution is -0.501. The van der Waals surface area contributed by atoms with Gasteiger partial charge in [0, 0.05) is 27.8 Å². The summed E-state index contributed by atoms with van der Waals surface area (Å²) in [6, 6.07) is 2.53. The number of thiophene rings is 1. The van der Waals surface area contributed by atoms with E-state index in [1.54, 1.807) is 0 Å². The Hall–Kier alpha value is -1.81. The molecule has 2 heterocycles. The Kier molecular flexibility index (Phi) is 4.61. The highest BCUT2D eigenvalue weighted by Crippen LogP contribution is 2.46. The molecule has 0 aliphatic rings. The molecule has 2 rings (SSSR count). The van der Waals surface area contributed by atoms with Crippen molar-refractivity contribution in [1.29, 1.82) is 0 Å². The maximum absolute atomic E-state index is 13.6. The first-order chi connectivity index (χ1) is 10.3. The molecule has 0 N–H and O–H groups in total. The summed E-state index contributed by atoms with van der Waals surface area (Å²) in [7, 11) is 0. The van der Waals surface area contributed by atoms with E-state index in [-0.39, 0.29) is 9.88 Å². The molecule has 0 radical (unpaired) electrons. The van der Waals surface area contributed by atoms with E-state index in [1.165, 1.54) is 23.0 Å². The van der Waals surface area contributed by atoms with Gasteiger partial charge in [-0.3, -0.25) is 14.9 Å². The van der Waals surface area contributed by atoms with Crippen molar-refractivity contribution in [2.24, 2.45) is 0 Å². The largest absolute Gasteiger partial charge is 0.406 e. The Morgan fingerprint density at radius 2 is 2.05 bits per heavy atom. The average molecular weight is 350 g/mol. The quantitative estimate of drug-likeness (QED) is 0.454. The minimum Gasteiger partial charge on any atom is -0.291 e. The smallest absolute Gasteiger partial charge is 0.291 e. The number of nitro groups is 1. The lowest BCUT2D eigenvalue weighted by Gasteiger charge is -2.30. The third-order valence-electron chi connectivity index (χ3n) is 3.07. The molecule has 0 saturated carbocycles. The van der Waals surface area contributed by atoms with Crippen LogP contribution in [0, 0.1) is 10.1 Å². The molecule has 0 unspecified atom stereocenters. The third kappa shape index (κ3) is 3.17. The SMILES string of the molecule is O=C(C[C@@](C[N+](=O)[O-])(c1cccs1)C(F)(F)F)c1nccs1. The molecule has 118 valence electrons. The number of carbonyl (C=O) groups is 1. The molecule has 0 aliphatic carbocycles. The van der Waals surface area contributed by atoms with Gasteiger partial charge in [-0.1, -0.05) is 6.07 Å². The van der Waals surface area contributed by atoms with Gasteiger partial charge in [-0.2, -0.15) is 13.2 Å². The van der Waals surface area contributed by atoms with E-state index >= 15 is 0 Å². The maximum atomic E-state index is 13.6. The number of ketones is 1. The second-order valence-electron chi connectivity index (χ2n) is 4.49. The van der Waals surface area contributed by atoms with Gasteiger partial charge in [0.25, 0.3) is 0 Å². The summed E-state index contributed by atoms with van der Waals surface area (Å²) in [6.07, 6.45) is -4.67. The summed E-state index contributed by atoms with van der Waals surface area (Å²) in [5.41, 5.74) is -2.84. The van der Waals surface area contributed by atoms with E-state index in [2.05, 4.69) is 4.98 Å². The van der Waals surface area contributed by atoms with Gasteiger partial charge in [0.15, 0.2) is 16.2 Å². The van der Waals surface area contributed by atoms with Crippen LogP contribution < -0.4 is 0 Å². The Labute approximate surface area is 130 Å². The molecule has 10 heteroatoms. The zero-order valence-electron chi connectivity index (χ0n) is 10.9. The van der Waals surface area contributed by atoms with Crippen LogP contribution in [0.3, 0.4) is 0 Å². The van der Waals surface area contributed by atoms with Gasteiger partial charge in [-0.25, -0.2) is 4.98 Å². The third-order valence-corrected chi connectivity index (χ3v) is 4.96. The maximum Gasteiger partial charge on any atom is 0.406 e. The van der Waals surface area contributed by atoms with Gasteiger partial charge in [-0.05, 0) is 11.4 Å². The molecule has 0 aromatic carbocycles. The molecule has 0 fully saturated rings. The lowest BCUT2D eigenvalue weighted by atomic mass is 9.80. The van der Waals surface area contributed by atoms with Gasteiger partial charge in [0.1, 0.15) is 0 Å². The van der Waals surface area contributed by atoms with Crippen LogP contribution in [0.15, 0.2) is 29.1 Å². The minimum atomic E-state index is -4.93. The second-order valence-corrected chi connectivity index (χ2v) is 6.33. The van der Waals surface area contributed by atoms with Crippen molar-refractivity contribution in [3.05, 3.63) is 49.1 Å². The number of rotatable bonds is 6.